The van der Waals surface area contributed by atoms with Gasteiger partial charge in [0, 0.05) is 0 Å². The molecule has 0 aliphatic rings. The summed E-state index contributed by atoms with van der Waals surface area (Å²) in [5, 5.41) is 0. The molecule has 0 radical (unpaired) electrons. The van der Waals surface area contributed by atoms with Crippen molar-refractivity contribution in [2.45, 2.75) is 0 Å². The molecule has 0 saturated carbocycles. The Bertz CT molecular complexity index is 1040. The monoisotopic (exact) mass is 636 g/mol. The SMILES string of the molecule is COc1cccc[c]1[Pb]([c]1ccccc1OC)([c]1ccccc1OC)[c]1ccccc1OC. The van der Waals surface area contributed by atoms with Gasteiger partial charge in [-0.05, 0) is 0 Å². The average molecular weight is 636 g/mol. The van der Waals surface area contributed by atoms with Gasteiger partial charge in [0.05, 0.1) is 0 Å². The van der Waals surface area contributed by atoms with E-state index in [2.05, 4.69) is 48.5 Å². The predicted molar refractivity (Wildman–Crippen MR) is 136 cm³/mol. The van der Waals surface area contributed by atoms with Crippen LogP contribution in [0.3, 0.4) is 0 Å². The van der Waals surface area contributed by atoms with Crippen molar-refractivity contribution >= 4 is 33.7 Å². The van der Waals surface area contributed by atoms with E-state index < -0.39 is 21.2 Å². The van der Waals surface area contributed by atoms with E-state index in [1.165, 1.54) is 12.5 Å². The van der Waals surface area contributed by atoms with Crippen molar-refractivity contribution in [3.05, 3.63) is 97.1 Å². The average Bonchev–Trinajstić information content (AvgIpc) is 2.90. The molecule has 0 atom stereocenters. The number of methoxy groups -OCH3 is 4. The molecule has 0 spiro atoms. The number of para-hydroxylation sites is 4. The first-order valence-electron chi connectivity index (χ1n) is 10.8. The van der Waals surface area contributed by atoms with E-state index in [9.17, 15) is 0 Å². The van der Waals surface area contributed by atoms with Crippen molar-refractivity contribution in [3.63, 3.8) is 0 Å². The molecule has 0 amide bonds. The number of hydrogen-bond donors (Lipinski definition) is 0. The summed E-state index contributed by atoms with van der Waals surface area (Å²) in [7, 11) is 6.91. The third-order valence-electron chi connectivity index (χ3n) is 6.04. The van der Waals surface area contributed by atoms with Crippen molar-refractivity contribution in [3.8, 4) is 23.0 Å². The molecule has 0 bridgehead atoms. The number of ether oxygens (including phenoxy) is 4. The zero-order valence-electron chi connectivity index (χ0n) is 19.4. The number of rotatable bonds is 8. The standard InChI is InChI=1S/4C7H7O.Pb/c4*1-8-7-5-3-2-4-6-7;/h4*2-5H,1H3;. The minimum absolute atomic E-state index is 0.849. The molecule has 0 saturated heterocycles. The van der Waals surface area contributed by atoms with E-state index in [1.54, 1.807) is 28.4 Å². The third-order valence-corrected chi connectivity index (χ3v) is 25.0. The van der Waals surface area contributed by atoms with Crippen LogP contribution in [0.2, 0.25) is 0 Å². The molecule has 0 aliphatic carbocycles. The van der Waals surface area contributed by atoms with Gasteiger partial charge in [-0.2, -0.15) is 0 Å². The van der Waals surface area contributed by atoms with Crippen LogP contribution in [0.4, 0.5) is 0 Å². The van der Waals surface area contributed by atoms with Crippen LogP contribution in [-0.2, 0) is 0 Å². The molecule has 4 aromatic carbocycles. The van der Waals surface area contributed by atoms with Gasteiger partial charge in [-0.15, -0.1) is 0 Å². The van der Waals surface area contributed by atoms with E-state index in [0.29, 0.717) is 0 Å². The third kappa shape index (κ3) is 3.97. The van der Waals surface area contributed by atoms with Gasteiger partial charge in [0.1, 0.15) is 0 Å². The fourth-order valence-electron chi connectivity index (χ4n) is 4.69. The zero-order chi connectivity index (χ0) is 23.3. The summed E-state index contributed by atoms with van der Waals surface area (Å²) in [5.41, 5.74) is 0. The Kier molecular flexibility index (Phi) is 7.23. The van der Waals surface area contributed by atoms with Crippen LogP contribution >= 0.6 is 0 Å². The van der Waals surface area contributed by atoms with Crippen LogP contribution in [0, 0.1) is 0 Å². The van der Waals surface area contributed by atoms with Gasteiger partial charge < -0.3 is 0 Å². The first-order chi connectivity index (χ1) is 16.2. The Morgan fingerprint density at radius 2 is 0.576 bits per heavy atom. The molecule has 168 valence electrons. The number of hydrogen-bond acceptors (Lipinski definition) is 4. The van der Waals surface area contributed by atoms with E-state index in [1.807, 2.05) is 48.5 Å². The number of benzene rings is 4. The summed E-state index contributed by atoms with van der Waals surface area (Å²) >= 11 is -4.38. The fourth-order valence-corrected chi connectivity index (χ4v) is 25.5. The molecular formula is C28H28O4Pb. The zero-order valence-corrected chi connectivity index (χ0v) is 23.3. The molecular weight excluding hydrogens is 608 g/mol. The topological polar surface area (TPSA) is 36.9 Å². The molecule has 4 rings (SSSR count). The van der Waals surface area contributed by atoms with Gasteiger partial charge in [0.25, 0.3) is 0 Å². The summed E-state index contributed by atoms with van der Waals surface area (Å²) in [6, 6.07) is 33.2. The Hall–Kier alpha value is -3.00. The molecule has 0 unspecified atom stereocenters. The van der Waals surface area contributed by atoms with E-state index in [4.69, 9.17) is 18.9 Å². The van der Waals surface area contributed by atoms with Gasteiger partial charge in [0.15, 0.2) is 0 Å². The normalized spacial score (nSPS) is 11.0. The summed E-state index contributed by atoms with van der Waals surface area (Å²) in [4.78, 5) is 0. The molecule has 0 fully saturated rings. The quantitative estimate of drug-likeness (QED) is 0.279. The van der Waals surface area contributed by atoms with Gasteiger partial charge in [-0.1, -0.05) is 0 Å². The van der Waals surface area contributed by atoms with Gasteiger partial charge in [-0.3, -0.25) is 0 Å². The predicted octanol–water partition coefficient (Wildman–Crippen LogP) is 3.10. The van der Waals surface area contributed by atoms with Gasteiger partial charge in [0.2, 0.25) is 0 Å². The molecule has 0 aliphatic heterocycles. The molecule has 0 heterocycles. The van der Waals surface area contributed by atoms with Gasteiger partial charge in [-0.25, -0.2) is 0 Å². The van der Waals surface area contributed by atoms with Crippen LogP contribution in [0.1, 0.15) is 0 Å². The maximum absolute atomic E-state index is 5.97. The first-order valence-corrected chi connectivity index (χ1v) is 18.5. The summed E-state index contributed by atoms with van der Waals surface area (Å²) < 4.78 is 28.6. The van der Waals surface area contributed by atoms with Crippen LogP contribution in [0.5, 0.6) is 23.0 Å². The second-order valence-corrected chi connectivity index (χ2v) is 21.8. The molecule has 0 N–H and O–H groups in total. The second kappa shape index (κ2) is 10.3. The van der Waals surface area contributed by atoms with Crippen molar-refractivity contribution < 1.29 is 18.9 Å². The maximum atomic E-state index is 5.97. The van der Waals surface area contributed by atoms with Crippen molar-refractivity contribution in [1.29, 1.82) is 0 Å². The second-order valence-electron chi connectivity index (χ2n) is 7.55. The summed E-state index contributed by atoms with van der Waals surface area (Å²) in [5.74, 6) is 3.40. The summed E-state index contributed by atoms with van der Waals surface area (Å²) in [6.45, 7) is 0. The Balaban J connectivity index is 2.30. The molecule has 0 aromatic heterocycles. The first kappa shape index (κ1) is 23.2. The molecule has 4 nitrogen and oxygen atoms in total. The van der Waals surface area contributed by atoms with Gasteiger partial charge >= 0.3 is 201 Å². The van der Waals surface area contributed by atoms with Crippen LogP contribution in [0.25, 0.3) is 0 Å². The van der Waals surface area contributed by atoms with E-state index in [-0.39, 0.29) is 0 Å². The van der Waals surface area contributed by atoms with Crippen LogP contribution in [0.15, 0.2) is 97.1 Å². The fraction of sp³-hybridized carbons (Fsp3) is 0.143. The van der Waals surface area contributed by atoms with E-state index in [0.717, 1.165) is 23.0 Å². The Labute approximate surface area is 200 Å². The van der Waals surface area contributed by atoms with Crippen molar-refractivity contribution in [2.75, 3.05) is 28.4 Å². The van der Waals surface area contributed by atoms with Crippen LogP contribution in [-0.4, -0.2) is 49.6 Å². The molecule has 4 aromatic rings. The Morgan fingerprint density at radius 3 is 0.788 bits per heavy atom. The molecule has 5 heteroatoms. The molecule has 33 heavy (non-hydrogen) atoms. The van der Waals surface area contributed by atoms with Crippen molar-refractivity contribution in [1.82, 2.24) is 0 Å². The van der Waals surface area contributed by atoms with E-state index >= 15 is 0 Å². The Morgan fingerprint density at radius 1 is 0.364 bits per heavy atom. The van der Waals surface area contributed by atoms with Crippen LogP contribution < -0.4 is 31.4 Å². The summed E-state index contributed by atoms with van der Waals surface area (Å²) in [6.07, 6.45) is 0. The van der Waals surface area contributed by atoms with Crippen molar-refractivity contribution in [2.24, 2.45) is 0 Å². The minimum atomic E-state index is -4.38.